The molecule has 0 unspecified atom stereocenters. The number of carbonyl (C=O) groups is 2. The van der Waals surface area contributed by atoms with Gasteiger partial charge in [0.2, 0.25) is 5.91 Å². The van der Waals surface area contributed by atoms with E-state index in [1.807, 2.05) is 78.2 Å². The van der Waals surface area contributed by atoms with Crippen molar-refractivity contribution in [2.24, 2.45) is 0 Å². The minimum Gasteiger partial charge on any atom is -0.341 e. The van der Waals surface area contributed by atoms with Crippen molar-refractivity contribution >= 4 is 23.3 Å². The molecule has 2 aromatic carbocycles. The van der Waals surface area contributed by atoms with Gasteiger partial charge in [-0.2, -0.15) is 0 Å². The van der Waals surface area contributed by atoms with Crippen LogP contribution >= 0.6 is 11.3 Å². The van der Waals surface area contributed by atoms with Gasteiger partial charge in [-0.15, -0.1) is 11.3 Å². The summed E-state index contributed by atoms with van der Waals surface area (Å²) in [5.74, 6) is -0.405. The fraction of sp³-hybridized carbons (Fsp3) is 0.143. The molecule has 6 heteroatoms. The van der Waals surface area contributed by atoms with Gasteiger partial charge >= 0.3 is 6.03 Å². The van der Waals surface area contributed by atoms with Crippen LogP contribution in [0.15, 0.2) is 78.2 Å². The van der Waals surface area contributed by atoms with Crippen LogP contribution in [0.4, 0.5) is 4.79 Å². The molecule has 3 aromatic rings. The van der Waals surface area contributed by atoms with Gasteiger partial charge in [0.15, 0.2) is 0 Å². The predicted octanol–water partition coefficient (Wildman–Crippen LogP) is 3.62. The molecule has 138 valence electrons. The van der Waals surface area contributed by atoms with Crippen LogP contribution < -0.4 is 16.0 Å². The fourth-order valence-corrected chi connectivity index (χ4v) is 3.64. The van der Waals surface area contributed by atoms with Crippen molar-refractivity contribution < 1.29 is 9.59 Å². The molecule has 0 saturated carbocycles. The molecule has 5 nitrogen and oxygen atoms in total. The molecule has 3 rings (SSSR count). The zero-order valence-corrected chi connectivity index (χ0v) is 15.7. The minimum absolute atomic E-state index is 0.174. The average Bonchev–Trinajstić information content (AvgIpc) is 3.24. The molecule has 0 spiro atoms. The number of carbonyl (C=O) groups excluding carboxylic acids is 2. The van der Waals surface area contributed by atoms with Crippen LogP contribution in [0.2, 0.25) is 0 Å². The molecule has 1 aromatic heterocycles. The van der Waals surface area contributed by atoms with Crippen molar-refractivity contribution in [2.75, 3.05) is 7.05 Å². The third-order valence-electron chi connectivity index (χ3n) is 4.15. The summed E-state index contributed by atoms with van der Waals surface area (Å²) in [6.45, 7) is 0. The van der Waals surface area contributed by atoms with E-state index in [1.54, 1.807) is 11.3 Å². The number of thiophene rings is 1. The summed E-state index contributed by atoms with van der Waals surface area (Å²) in [7, 11) is 1.48. The van der Waals surface area contributed by atoms with Crippen LogP contribution in [0.3, 0.4) is 0 Å². The number of benzene rings is 2. The Morgan fingerprint density at radius 2 is 1.48 bits per heavy atom. The summed E-state index contributed by atoms with van der Waals surface area (Å²) in [6.07, 6.45) is 0. The van der Waals surface area contributed by atoms with E-state index in [4.69, 9.17) is 0 Å². The van der Waals surface area contributed by atoms with Crippen molar-refractivity contribution in [2.45, 2.75) is 12.1 Å². The van der Waals surface area contributed by atoms with Gasteiger partial charge in [0, 0.05) is 11.9 Å². The summed E-state index contributed by atoms with van der Waals surface area (Å²) >= 11 is 1.62. The highest BCUT2D eigenvalue weighted by atomic mass is 32.1. The molecule has 0 aliphatic rings. The molecule has 0 fully saturated rings. The molecule has 0 bridgehead atoms. The Morgan fingerprint density at radius 1 is 0.852 bits per heavy atom. The Kier molecular flexibility index (Phi) is 6.35. The zero-order valence-electron chi connectivity index (χ0n) is 14.9. The first-order valence-electron chi connectivity index (χ1n) is 8.61. The number of amides is 3. The Bertz CT molecular complexity index is 867. The molecule has 1 heterocycles. The van der Waals surface area contributed by atoms with Gasteiger partial charge in [-0.3, -0.25) is 15.4 Å². The van der Waals surface area contributed by atoms with Crippen LogP contribution in [-0.4, -0.2) is 19.0 Å². The first-order chi connectivity index (χ1) is 13.2. The van der Waals surface area contributed by atoms with Crippen molar-refractivity contribution in [3.05, 3.63) is 94.2 Å². The lowest BCUT2D eigenvalue weighted by Gasteiger charge is -2.25. The average molecular weight is 379 g/mol. The van der Waals surface area contributed by atoms with Crippen LogP contribution in [-0.2, 0) is 4.79 Å². The highest BCUT2D eigenvalue weighted by Crippen LogP contribution is 2.29. The van der Waals surface area contributed by atoms with Gasteiger partial charge in [0.25, 0.3) is 0 Å². The molecular weight excluding hydrogens is 358 g/mol. The lowest BCUT2D eigenvalue weighted by atomic mass is 10.0. The molecule has 0 saturated heterocycles. The molecule has 3 N–H and O–H groups in total. The lowest BCUT2D eigenvalue weighted by Crippen LogP contribution is -2.45. The van der Waals surface area contributed by atoms with E-state index in [-0.39, 0.29) is 6.04 Å². The van der Waals surface area contributed by atoms with Gasteiger partial charge in [-0.25, -0.2) is 4.79 Å². The minimum atomic E-state index is -0.684. The van der Waals surface area contributed by atoms with E-state index >= 15 is 0 Å². The summed E-state index contributed by atoms with van der Waals surface area (Å²) in [5, 5.41) is 10.2. The quantitative estimate of drug-likeness (QED) is 0.613. The number of hydrogen-bond donors (Lipinski definition) is 3. The predicted molar refractivity (Wildman–Crippen MR) is 108 cm³/mol. The van der Waals surface area contributed by atoms with Crippen molar-refractivity contribution in [1.82, 2.24) is 16.0 Å². The normalized spacial score (nSPS) is 12.8. The summed E-state index contributed by atoms with van der Waals surface area (Å²) in [6, 6.07) is 22.0. The second-order valence-electron chi connectivity index (χ2n) is 5.94. The first kappa shape index (κ1) is 18.8. The molecule has 27 heavy (non-hydrogen) atoms. The Balaban J connectivity index is 1.95. The Labute approximate surface area is 162 Å². The Morgan fingerprint density at radius 3 is 2.04 bits per heavy atom. The molecule has 0 radical (unpaired) electrons. The van der Waals surface area contributed by atoms with E-state index in [9.17, 15) is 9.59 Å². The van der Waals surface area contributed by atoms with Crippen molar-refractivity contribution in [3.63, 3.8) is 0 Å². The number of nitrogens with one attached hydrogen (secondary N) is 3. The number of urea groups is 1. The highest BCUT2D eigenvalue weighted by Gasteiger charge is 2.27. The summed E-state index contributed by atoms with van der Waals surface area (Å²) in [5.41, 5.74) is 1.84. The summed E-state index contributed by atoms with van der Waals surface area (Å²) < 4.78 is 0. The molecule has 2 atom stereocenters. The molecule has 0 aliphatic heterocycles. The fourth-order valence-electron chi connectivity index (χ4n) is 2.83. The largest absolute Gasteiger partial charge is 0.341 e. The topological polar surface area (TPSA) is 70.2 Å². The standard InChI is InChI=1S/C21H21N3O2S/c1-22-21(26)24-20(25)19(16-11-6-3-7-12-16)23-18(17-13-8-14-27-17)15-9-4-2-5-10-15/h2-14,18-19,23H,1H3,(H2,22,24,25,26)/t18-,19-/m1/s1. The van der Waals surface area contributed by atoms with E-state index in [1.165, 1.54) is 7.05 Å². The van der Waals surface area contributed by atoms with E-state index in [2.05, 4.69) is 16.0 Å². The molecule has 3 amide bonds. The van der Waals surface area contributed by atoms with Gasteiger partial charge in [-0.05, 0) is 22.6 Å². The zero-order chi connectivity index (χ0) is 19.1. The van der Waals surface area contributed by atoms with Gasteiger partial charge < -0.3 is 5.32 Å². The number of imide groups is 1. The summed E-state index contributed by atoms with van der Waals surface area (Å²) in [4.78, 5) is 25.6. The van der Waals surface area contributed by atoms with Crippen LogP contribution in [0.1, 0.15) is 28.1 Å². The third kappa shape index (κ3) is 4.81. The SMILES string of the molecule is CNC(=O)NC(=O)[C@H](N[C@H](c1ccccc1)c1cccs1)c1ccccc1. The van der Waals surface area contributed by atoms with Gasteiger partial charge in [0.05, 0.1) is 6.04 Å². The smallest absolute Gasteiger partial charge is 0.321 e. The van der Waals surface area contributed by atoms with Crippen LogP contribution in [0.5, 0.6) is 0 Å². The second kappa shape index (κ2) is 9.12. The molecule has 0 aliphatic carbocycles. The number of hydrogen-bond acceptors (Lipinski definition) is 4. The van der Waals surface area contributed by atoms with Gasteiger partial charge in [0.1, 0.15) is 6.04 Å². The molecular formula is C21H21N3O2S. The highest BCUT2D eigenvalue weighted by molar-refractivity contribution is 7.10. The monoisotopic (exact) mass is 379 g/mol. The van der Waals surface area contributed by atoms with Crippen LogP contribution in [0.25, 0.3) is 0 Å². The maximum atomic E-state index is 12.8. The van der Waals surface area contributed by atoms with E-state index < -0.39 is 18.0 Å². The second-order valence-corrected chi connectivity index (χ2v) is 6.92. The van der Waals surface area contributed by atoms with Crippen LogP contribution in [0, 0.1) is 0 Å². The Hall–Kier alpha value is -2.96. The van der Waals surface area contributed by atoms with Crippen molar-refractivity contribution in [1.29, 1.82) is 0 Å². The third-order valence-corrected chi connectivity index (χ3v) is 5.09. The maximum absolute atomic E-state index is 12.8. The lowest BCUT2D eigenvalue weighted by molar-refractivity contribution is -0.122. The van der Waals surface area contributed by atoms with Crippen molar-refractivity contribution in [3.8, 4) is 0 Å². The van der Waals surface area contributed by atoms with E-state index in [0.717, 1.165) is 16.0 Å². The number of rotatable bonds is 6. The maximum Gasteiger partial charge on any atom is 0.321 e. The van der Waals surface area contributed by atoms with Gasteiger partial charge in [-0.1, -0.05) is 66.7 Å². The first-order valence-corrected chi connectivity index (χ1v) is 9.49. The van der Waals surface area contributed by atoms with E-state index in [0.29, 0.717) is 0 Å².